The minimum Gasteiger partial charge on any atom is -0.333 e. The number of aromatic nitrogens is 2. The van der Waals surface area contributed by atoms with Gasteiger partial charge in [0.15, 0.2) is 0 Å². The van der Waals surface area contributed by atoms with Crippen LogP contribution in [0.1, 0.15) is 21.6 Å². The fraction of sp³-hybridized carbons (Fsp3) is 0.364. The lowest BCUT2D eigenvalue weighted by molar-refractivity contribution is 0.572. The Balaban J connectivity index is 2.10. The highest BCUT2D eigenvalue weighted by molar-refractivity contribution is 7.12. The Bertz CT molecular complexity index is 444. The van der Waals surface area contributed by atoms with Gasteiger partial charge < -0.3 is 10.3 Å². The van der Waals surface area contributed by atoms with E-state index in [-0.39, 0.29) is 6.04 Å². The summed E-state index contributed by atoms with van der Waals surface area (Å²) in [6.07, 6.45) is 3.78. The molecule has 2 aromatic heterocycles. The van der Waals surface area contributed by atoms with Gasteiger partial charge in [0, 0.05) is 28.7 Å². The zero-order valence-electron chi connectivity index (χ0n) is 8.97. The van der Waals surface area contributed by atoms with E-state index < -0.39 is 0 Å². The molecule has 0 spiro atoms. The SMILES string of the molecule is Cc1ccc(C(N)Cn2ccnc2C)s1. The van der Waals surface area contributed by atoms with Crippen molar-refractivity contribution in [3.05, 3.63) is 40.1 Å². The summed E-state index contributed by atoms with van der Waals surface area (Å²) < 4.78 is 2.08. The molecule has 2 N–H and O–H groups in total. The van der Waals surface area contributed by atoms with E-state index in [1.165, 1.54) is 9.75 Å². The third-order valence-electron chi connectivity index (χ3n) is 2.44. The molecule has 1 atom stereocenters. The molecule has 0 radical (unpaired) electrons. The van der Waals surface area contributed by atoms with Crippen molar-refractivity contribution in [3.63, 3.8) is 0 Å². The largest absolute Gasteiger partial charge is 0.333 e. The van der Waals surface area contributed by atoms with Gasteiger partial charge in [0.2, 0.25) is 0 Å². The van der Waals surface area contributed by atoms with Crippen LogP contribution < -0.4 is 5.73 Å². The van der Waals surface area contributed by atoms with Crippen LogP contribution in [0.3, 0.4) is 0 Å². The van der Waals surface area contributed by atoms with E-state index in [0.29, 0.717) is 0 Å². The molecule has 2 rings (SSSR count). The van der Waals surface area contributed by atoms with Crippen molar-refractivity contribution < 1.29 is 0 Å². The molecular formula is C11H15N3S. The van der Waals surface area contributed by atoms with Crippen molar-refractivity contribution in [1.29, 1.82) is 0 Å². The summed E-state index contributed by atoms with van der Waals surface area (Å²) in [4.78, 5) is 6.72. The van der Waals surface area contributed by atoms with E-state index in [1.807, 2.05) is 19.3 Å². The minimum absolute atomic E-state index is 0.0663. The van der Waals surface area contributed by atoms with E-state index in [4.69, 9.17) is 5.73 Å². The Kier molecular flexibility index (Phi) is 2.88. The normalized spacial score (nSPS) is 13.0. The summed E-state index contributed by atoms with van der Waals surface area (Å²) >= 11 is 1.76. The predicted molar refractivity (Wildman–Crippen MR) is 62.9 cm³/mol. The summed E-state index contributed by atoms with van der Waals surface area (Å²) in [6, 6.07) is 4.29. The monoisotopic (exact) mass is 221 g/mol. The van der Waals surface area contributed by atoms with Crippen LogP contribution in [0, 0.1) is 13.8 Å². The lowest BCUT2D eigenvalue weighted by Crippen LogP contribution is -2.16. The molecule has 0 bridgehead atoms. The number of thiophene rings is 1. The minimum atomic E-state index is 0.0663. The van der Waals surface area contributed by atoms with Gasteiger partial charge in [-0.25, -0.2) is 4.98 Å². The fourth-order valence-corrected chi connectivity index (χ4v) is 2.42. The first-order valence-electron chi connectivity index (χ1n) is 4.96. The topological polar surface area (TPSA) is 43.8 Å². The van der Waals surface area contributed by atoms with Gasteiger partial charge in [-0.3, -0.25) is 0 Å². The van der Waals surface area contributed by atoms with Crippen LogP contribution in [0.5, 0.6) is 0 Å². The highest BCUT2D eigenvalue weighted by atomic mass is 32.1. The molecule has 0 saturated carbocycles. The van der Waals surface area contributed by atoms with Crippen molar-refractivity contribution in [2.45, 2.75) is 26.4 Å². The smallest absolute Gasteiger partial charge is 0.105 e. The first-order valence-corrected chi connectivity index (χ1v) is 5.78. The van der Waals surface area contributed by atoms with Crippen molar-refractivity contribution >= 4 is 11.3 Å². The number of hydrogen-bond acceptors (Lipinski definition) is 3. The van der Waals surface area contributed by atoms with Crippen molar-refractivity contribution in [2.75, 3.05) is 0 Å². The lowest BCUT2D eigenvalue weighted by atomic mass is 10.2. The first kappa shape index (κ1) is 10.4. The molecule has 2 aromatic rings. The fourth-order valence-electron chi connectivity index (χ4n) is 1.55. The molecule has 4 heteroatoms. The molecule has 1 unspecified atom stereocenters. The molecule has 0 aromatic carbocycles. The van der Waals surface area contributed by atoms with E-state index in [0.717, 1.165) is 12.4 Å². The number of imidazole rings is 1. The van der Waals surface area contributed by atoms with Crippen molar-refractivity contribution in [1.82, 2.24) is 9.55 Å². The summed E-state index contributed by atoms with van der Waals surface area (Å²) in [5, 5.41) is 0. The molecule has 0 saturated heterocycles. The van der Waals surface area contributed by atoms with E-state index >= 15 is 0 Å². The van der Waals surface area contributed by atoms with Crippen LogP contribution in [-0.2, 0) is 6.54 Å². The Morgan fingerprint density at radius 2 is 2.27 bits per heavy atom. The number of nitrogens with zero attached hydrogens (tertiary/aromatic N) is 2. The first-order chi connectivity index (χ1) is 7.16. The molecular weight excluding hydrogens is 206 g/mol. The molecule has 0 fully saturated rings. The third kappa shape index (κ3) is 2.27. The summed E-state index contributed by atoms with van der Waals surface area (Å²) in [6.45, 7) is 4.89. The van der Waals surface area contributed by atoms with Crippen LogP contribution in [0.15, 0.2) is 24.5 Å². The molecule has 80 valence electrons. The Hall–Kier alpha value is -1.13. The van der Waals surface area contributed by atoms with Crippen molar-refractivity contribution in [2.24, 2.45) is 5.73 Å². The number of rotatable bonds is 3. The van der Waals surface area contributed by atoms with Gasteiger partial charge in [-0.05, 0) is 26.0 Å². The molecule has 0 aliphatic carbocycles. The molecule has 2 heterocycles. The van der Waals surface area contributed by atoms with Crippen LogP contribution in [0.4, 0.5) is 0 Å². The predicted octanol–water partition coefficient (Wildman–Crippen LogP) is 2.26. The van der Waals surface area contributed by atoms with Gasteiger partial charge >= 0.3 is 0 Å². The Morgan fingerprint density at radius 1 is 1.47 bits per heavy atom. The summed E-state index contributed by atoms with van der Waals surface area (Å²) in [5.41, 5.74) is 6.13. The second-order valence-corrected chi connectivity index (χ2v) is 5.00. The van der Waals surface area contributed by atoms with Gasteiger partial charge in [0.05, 0.1) is 6.04 Å². The van der Waals surface area contributed by atoms with E-state index in [9.17, 15) is 0 Å². The highest BCUT2D eigenvalue weighted by Crippen LogP contribution is 2.22. The summed E-state index contributed by atoms with van der Waals surface area (Å²) in [5.74, 6) is 1.01. The van der Waals surface area contributed by atoms with E-state index in [1.54, 1.807) is 11.3 Å². The maximum atomic E-state index is 6.13. The summed E-state index contributed by atoms with van der Waals surface area (Å²) in [7, 11) is 0. The molecule has 0 amide bonds. The van der Waals surface area contributed by atoms with Crippen LogP contribution in [-0.4, -0.2) is 9.55 Å². The van der Waals surface area contributed by atoms with Crippen molar-refractivity contribution in [3.8, 4) is 0 Å². The number of hydrogen-bond donors (Lipinski definition) is 1. The molecule has 0 aliphatic rings. The highest BCUT2D eigenvalue weighted by Gasteiger charge is 2.09. The molecule has 3 nitrogen and oxygen atoms in total. The van der Waals surface area contributed by atoms with Gasteiger partial charge in [-0.2, -0.15) is 0 Å². The molecule has 15 heavy (non-hydrogen) atoms. The Labute approximate surface area is 93.6 Å². The number of nitrogens with two attached hydrogens (primary N) is 1. The van der Waals surface area contributed by atoms with Crippen LogP contribution in [0.2, 0.25) is 0 Å². The second kappa shape index (κ2) is 4.16. The standard InChI is InChI=1S/C11H15N3S/c1-8-3-4-11(15-8)10(12)7-14-6-5-13-9(14)2/h3-6,10H,7,12H2,1-2H3. The molecule has 0 aliphatic heterocycles. The lowest BCUT2D eigenvalue weighted by Gasteiger charge is -2.11. The quantitative estimate of drug-likeness (QED) is 0.864. The average Bonchev–Trinajstić information content (AvgIpc) is 2.77. The average molecular weight is 221 g/mol. The zero-order chi connectivity index (χ0) is 10.8. The second-order valence-electron chi connectivity index (χ2n) is 3.68. The van der Waals surface area contributed by atoms with Gasteiger partial charge in [0.25, 0.3) is 0 Å². The maximum Gasteiger partial charge on any atom is 0.105 e. The van der Waals surface area contributed by atoms with Gasteiger partial charge in [-0.1, -0.05) is 0 Å². The van der Waals surface area contributed by atoms with Crippen LogP contribution in [0.25, 0.3) is 0 Å². The maximum absolute atomic E-state index is 6.13. The van der Waals surface area contributed by atoms with Gasteiger partial charge in [-0.15, -0.1) is 11.3 Å². The van der Waals surface area contributed by atoms with Crippen LogP contribution >= 0.6 is 11.3 Å². The third-order valence-corrected chi connectivity index (χ3v) is 3.58. The zero-order valence-corrected chi connectivity index (χ0v) is 9.79. The van der Waals surface area contributed by atoms with E-state index in [2.05, 4.69) is 28.6 Å². The number of aryl methyl sites for hydroxylation is 2. The Morgan fingerprint density at radius 3 is 2.80 bits per heavy atom. The van der Waals surface area contributed by atoms with Gasteiger partial charge in [0.1, 0.15) is 5.82 Å².